The van der Waals surface area contributed by atoms with Crippen molar-refractivity contribution in [1.82, 2.24) is 31.0 Å². The van der Waals surface area contributed by atoms with E-state index in [1.165, 1.54) is 6.42 Å². The summed E-state index contributed by atoms with van der Waals surface area (Å²) in [7, 11) is 0. The number of nitrogens with one attached hydrogen (secondary N) is 3. The molecule has 5 unspecified atom stereocenters. The Hall–Kier alpha value is -1.01. The maximum absolute atomic E-state index is 12.3. The van der Waals surface area contributed by atoms with E-state index in [0.717, 1.165) is 45.7 Å². The molecule has 5 aliphatic heterocycles. The third kappa shape index (κ3) is 4.71. The van der Waals surface area contributed by atoms with E-state index < -0.39 is 5.60 Å². The normalized spacial score (nSPS) is 38.2. The van der Waals surface area contributed by atoms with Crippen LogP contribution in [0.1, 0.15) is 40.0 Å². The molecule has 5 saturated heterocycles. The Morgan fingerprint density at radius 3 is 2.55 bits per heavy atom. The van der Waals surface area contributed by atoms with Gasteiger partial charge in [-0.3, -0.25) is 20.5 Å². The molecule has 5 rings (SSSR count). The first-order valence-corrected chi connectivity index (χ1v) is 11.9. The molecule has 0 saturated carbocycles. The minimum absolute atomic E-state index is 0.162. The number of fused-ring (bicyclic) bond motifs is 1. The molecule has 176 valence electrons. The van der Waals surface area contributed by atoms with Crippen molar-refractivity contribution < 1.29 is 19.1 Å². The van der Waals surface area contributed by atoms with E-state index in [2.05, 4.69) is 26.1 Å². The lowest BCUT2D eigenvalue weighted by atomic mass is 9.89. The summed E-state index contributed by atoms with van der Waals surface area (Å²) in [6.45, 7) is 11.4. The third-order valence-corrected chi connectivity index (χ3v) is 7.20. The Balaban J connectivity index is 1.10. The van der Waals surface area contributed by atoms with Crippen molar-refractivity contribution in [2.45, 2.75) is 76.2 Å². The van der Waals surface area contributed by atoms with Crippen LogP contribution in [0.2, 0.25) is 0 Å². The van der Waals surface area contributed by atoms with Gasteiger partial charge in [-0.05, 0) is 33.6 Å². The number of hydrogen-bond donors (Lipinski definition) is 3. The van der Waals surface area contributed by atoms with Gasteiger partial charge in [0.25, 0.3) is 0 Å². The molecule has 0 aromatic rings. The van der Waals surface area contributed by atoms with E-state index in [9.17, 15) is 4.79 Å². The topological polar surface area (TPSA) is 90.6 Å². The predicted molar refractivity (Wildman–Crippen MR) is 114 cm³/mol. The molecule has 0 aromatic carbocycles. The smallest absolute Gasteiger partial charge is 0.410 e. The van der Waals surface area contributed by atoms with Gasteiger partial charge in [-0.1, -0.05) is 0 Å². The molecule has 5 fully saturated rings. The molecule has 5 heterocycles. The summed E-state index contributed by atoms with van der Waals surface area (Å²) in [5.41, 5.74) is 6.40. The van der Waals surface area contributed by atoms with Crippen LogP contribution in [0.4, 0.5) is 4.79 Å². The standard InChI is InChI=1S/C21H38N6O4/c1-21(2,3)30-20(28)26-8-6-25(7-9-26)18-10-17(31-24-18)16-5-4-14-11-22-27(19(14)23-16)15-12-29-13-15/h14-19,22-24H,4-13H2,1-3H3. The van der Waals surface area contributed by atoms with Crippen LogP contribution in [0.15, 0.2) is 0 Å². The number of hydroxylamine groups is 1. The molecule has 0 aromatic heterocycles. The zero-order valence-corrected chi connectivity index (χ0v) is 19.0. The van der Waals surface area contributed by atoms with E-state index in [4.69, 9.17) is 14.3 Å². The lowest BCUT2D eigenvalue weighted by molar-refractivity contribution is -0.102. The lowest BCUT2D eigenvalue weighted by Gasteiger charge is -2.43. The highest BCUT2D eigenvalue weighted by molar-refractivity contribution is 5.68. The quantitative estimate of drug-likeness (QED) is 0.566. The van der Waals surface area contributed by atoms with Gasteiger partial charge in [-0.25, -0.2) is 9.80 Å². The number of nitrogens with zero attached hydrogens (tertiary/aromatic N) is 3. The molecule has 0 spiro atoms. The lowest BCUT2D eigenvalue weighted by Crippen LogP contribution is -2.63. The van der Waals surface area contributed by atoms with Crippen LogP contribution in [-0.4, -0.2) is 103 Å². The van der Waals surface area contributed by atoms with Gasteiger partial charge < -0.3 is 14.4 Å². The summed E-state index contributed by atoms with van der Waals surface area (Å²) in [5.74, 6) is 0.656. The van der Waals surface area contributed by atoms with Crippen molar-refractivity contribution in [2.24, 2.45) is 5.92 Å². The van der Waals surface area contributed by atoms with Crippen LogP contribution in [0.3, 0.4) is 0 Å². The van der Waals surface area contributed by atoms with Crippen LogP contribution in [-0.2, 0) is 14.3 Å². The van der Waals surface area contributed by atoms with Gasteiger partial charge in [-0.2, -0.15) is 5.48 Å². The first-order chi connectivity index (χ1) is 14.9. The van der Waals surface area contributed by atoms with Gasteiger partial charge in [0, 0.05) is 51.1 Å². The SMILES string of the molecule is CC(C)(C)OC(=O)N1CCN(C2CC(C3CCC4CNN(C5COC5)C4N3)ON2)CC1. The van der Waals surface area contributed by atoms with E-state index in [1.54, 1.807) is 0 Å². The number of amides is 1. The Labute approximate surface area is 184 Å². The van der Waals surface area contributed by atoms with Gasteiger partial charge in [0.05, 0.1) is 37.7 Å². The fourth-order valence-corrected chi connectivity index (χ4v) is 5.36. The Morgan fingerprint density at radius 1 is 1.10 bits per heavy atom. The van der Waals surface area contributed by atoms with Crippen molar-refractivity contribution >= 4 is 6.09 Å². The van der Waals surface area contributed by atoms with Crippen molar-refractivity contribution in [2.75, 3.05) is 45.9 Å². The zero-order valence-electron chi connectivity index (χ0n) is 19.0. The highest BCUT2D eigenvalue weighted by Gasteiger charge is 2.46. The number of piperidine rings is 1. The Bertz CT molecular complexity index is 648. The molecule has 0 bridgehead atoms. The average molecular weight is 439 g/mol. The van der Waals surface area contributed by atoms with Gasteiger partial charge in [0.2, 0.25) is 0 Å². The molecule has 5 aliphatic rings. The number of rotatable bonds is 3. The highest BCUT2D eigenvalue weighted by Crippen LogP contribution is 2.32. The van der Waals surface area contributed by atoms with Gasteiger partial charge >= 0.3 is 6.09 Å². The average Bonchev–Trinajstić information content (AvgIpc) is 3.33. The zero-order chi connectivity index (χ0) is 21.6. The number of ether oxygens (including phenoxy) is 2. The van der Waals surface area contributed by atoms with Crippen LogP contribution in [0, 0.1) is 5.92 Å². The second-order valence-corrected chi connectivity index (χ2v) is 10.5. The van der Waals surface area contributed by atoms with Crippen molar-refractivity contribution in [3.05, 3.63) is 0 Å². The summed E-state index contributed by atoms with van der Waals surface area (Å²) < 4.78 is 10.9. The van der Waals surface area contributed by atoms with Gasteiger partial charge in [0.15, 0.2) is 0 Å². The van der Waals surface area contributed by atoms with E-state index in [0.29, 0.717) is 37.3 Å². The molecule has 5 atom stereocenters. The van der Waals surface area contributed by atoms with E-state index in [1.807, 2.05) is 25.7 Å². The first kappa shape index (κ1) is 21.8. The maximum atomic E-state index is 12.3. The molecular weight excluding hydrogens is 400 g/mol. The number of carbonyl (C=O) groups excluding carboxylic acids is 1. The number of hydrazine groups is 1. The maximum Gasteiger partial charge on any atom is 0.410 e. The summed E-state index contributed by atoms with van der Waals surface area (Å²) in [4.78, 5) is 22.6. The van der Waals surface area contributed by atoms with Gasteiger partial charge in [0.1, 0.15) is 5.60 Å². The molecular formula is C21H38N6O4. The second kappa shape index (κ2) is 8.74. The molecule has 10 heteroatoms. The Kier molecular flexibility index (Phi) is 6.15. The number of carbonyl (C=O) groups is 1. The number of hydrogen-bond acceptors (Lipinski definition) is 9. The van der Waals surface area contributed by atoms with Crippen LogP contribution >= 0.6 is 0 Å². The summed E-state index contributed by atoms with van der Waals surface area (Å²) >= 11 is 0. The Morgan fingerprint density at radius 2 is 1.87 bits per heavy atom. The second-order valence-electron chi connectivity index (χ2n) is 10.5. The highest BCUT2D eigenvalue weighted by atomic mass is 16.7. The molecule has 0 radical (unpaired) electrons. The van der Waals surface area contributed by atoms with Crippen molar-refractivity contribution in [1.29, 1.82) is 0 Å². The largest absolute Gasteiger partial charge is 0.444 e. The van der Waals surface area contributed by atoms with E-state index >= 15 is 0 Å². The van der Waals surface area contributed by atoms with Crippen LogP contribution in [0.5, 0.6) is 0 Å². The minimum atomic E-state index is -0.454. The van der Waals surface area contributed by atoms with E-state index in [-0.39, 0.29) is 18.4 Å². The summed E-state index contributed by atoms with van der Waals surface area (Å²) in [6, 6.07) is 0.836. The molecule has 31 heavy (non-hydrogen) atoms. The van der Waals surface area contributed by atoms with Crippen LogP contribution in [0.25, 0.3) is 0 Å². The molecule has 1 amide bonds. The molecule has 0 aliphatic carbocycles. The fraction of sp³-hybridized carbons (Fsp3) is 0.952. The summed E-state index contributed by atoms with van der Waals surface area (Å²) in [5, 5.41) is 6.26. The molecule has 3 N–H and O–H groups in total. The predicted octanol–water partition coefficient (Wildman–Crippen LogP) is 0.0720. The fourth-order valence-electron chi connectivity index (χ4n) is 5.36. The summed E-state index contributed by atoms with van der Waals surface area (Å²) in [6.07, 6.45) is 3.84. The number of piperazine rings is 1. The van der Waals surface area contributed by atoms with Crippen LogP contribution < -0.4 is 16.2 Å². The van der Waals surface area contributed by atoms with Gasteiger partial charge in [-0.15, -0.1) is 0 Å². The molecule has 10 nitrogen and oxygen atoms in total. The van der Waals surface area contributed by atoms with Crippen molar-refractivity contribution in [3.63, 3.8) is 0 Å². The van der Waals surface area contributed by atoms with Crippen molar-refractivity contribution in [3.8, 4) is 0 Å². The first-order valence-electron chi connectivity index (χ1n) is 11.9. The third-order valence-electron chi connectivity index (χ3n) is 7.20. The monoisotopic (exact) mass is 438 g/mol. The minimum Gasteiger partial charge on any atom is -0.444 e.